The van der Waals surface area contributed by atoms with Gasteiger partial charge in [0.1, 0.15) is 0 Å². The van der Waals surface area contributed by atoms with Crippen molar-refractivity contribution in [3.05, 3.63) is 101 Å². The summed E-state index contributed by atoms with van der Waals surface area (Å²) in [6.45, 7) is 9.85. The molecule has 3 aromatic rings. The van der Waals surface area contributed by atoms with Gasteiger partial charge in [0.2, 0.25) is 0 Å². The van der Waals surface area contributed by atoms with Crippen molar-refractivity contribution in [3.8, 4) is 17.1 Å². The number of aromatic nitrogens is 3. The summed E-state index contributed by atoms with van der Waals surface area (Å²) in [6, 6.07) is 11.6. The Bertz CT molecular complexity index is 1230. The van der Waals surface area contributed by atoms with E-state index in [9.17, 15) is 4.79 Å². The van der Waals surface area contributed by atoms with Crippen molar-refractivity contribution >= 4 is 5.57 Å². The van der Waals surface area contributed by atoms with E-state index < -0.39 is 5.54 Å². The predicted molar refractivity (Wildman–Crippen MR) is 132 cm³/mol. The molecule has 0 fully saturated rings. The Morgan fingerprint density at radius 2 is 1.88 bits per heavy atom. The average Bonchev–Trinajstić information content (AvgIpc) is 3.08. The fourth-order valence-electron chi connectivity index (χ4n) is 3.36. The second-order valence-corrected chi connectivity index (χ2v) is 8.37. The Balaban J connectivity index is 2.11. The lowest BCUT2D eigenvalue weighted by molar-refractivity contribution is 0.554. The van der Waals surface area contributed by atoms with E-state index in [0.29, 0.717) is 11.4 Å². The molecular formula is C26H31N5O. The van der Waals surface area contributed by atoms with Gasteiger partial charge in [0, 0.05) is 37.7 Å². The number of benzene rings is 1. The number of hydrogen-bond donors (Lipinski definition) is 2. The lowest BCUT2D eigenvalue weighted by Gasteiger charge is -2.19. The molecule has 0 spiro atoms. The van der Waals surface area contributed by atoms with Crippen LogP contribution in [0.4, 0.5) is 0 Å². The summed E-state index contributed by atoms with van der Waals surface area (Å²) >= 11 is 0. The number of nitrogens with two attached hydrogens (primary N) is 1. The van der Waals surface area contributed by atoms with Gasteiger partial charge in [-0.2, -0.15) is 0 Å². The number of pyridine rings is 1. The molecule has 32 heavy (non-hydrogen) atoms. The standard InChI is InChI=1S/C26H31N5O/c1-7-19(9-8-18(2)28-5)20-14-15-29-23(16-20)24-17-30(6)25(32)31(24)22-12-10-21(11-13-22)26(3,4)27/h7-17,28H,1,27H2,2-6H3/b18-8+,19-9+. The Morgan fingerprint density at radius 1 is 1.19 bits per heavy atom. The fraction of sp³-hybridized carbons (Fsp3) is 0.231. The molecule has 0 saturated heterocycles. The normalized spacial score (nSPS) is 12.7. The smallest absolute Gasteiger partial charge is 0.333 e. The van der Waals surface area contributed by atoms with E-state index in [2.05, 4.69) is 16.9 Å². The van der Waals surface area contributed by atoms with E-state index in [-0.39, 0.29) is 5.69 Å². The molecule has 6 nitrogen and oxygen atoms in total. The highest BCUT2D eigenvalue weighted by Crippen LogP contribution is 2.25. The average molecular weight is 430 g/mol. The summed E-state index contributed by atoms with van der Waals surface area (Å²) in [5, 5.41) is 3.10. The van der Waals surface area contributed by atoms with Gasteiger partial charge in [0.05, 0.1) is 17.1 Å². The molecule has 0 bridgehead atoms. The van der Waals surface area contributed by atoms with Crippen LogP contribution in [0.25, 0.3) is 22.6 Å². The fourth-order valence-corrected chi connectivity index (χ4v) is 3.36. The van der Waals surface area contributed by atoms with Gasteiger partial charge in [-0.3, -0.25) is 9.55 Å². The third-order valence-electron chi connectivity index (χ3n) is 5.40. The van der Waals surface area contributed by atoms with Gasteiger partial charge in [-0.25, -0.2) is 4.79 Å². The highest BCUT2D eigenvalue weighted by atomic mass is 16.1. The zero-order valence-corrected chi connectivity index (χ0v) is 19.4. The van der Waals surface area contributed by atoms with E-state index in [1.165, 1.54) is 0 Å². The molecule has 6 heteroatoms. The summed E-state index contributed by atoms with van der Waals surface area (Å²) in [6.07, 6.45) is 9.36. The zero-order valence-electron chi connectivity index (χ0n) is 19.4. The minimum absolute atomic E-state index is 0.140. The molecule has 0 aliphatic carbocycles. The van der Waals surface area contributed by atoms with E-state index in [1.54, 1.807) is 28.6 Å². The number of aryl methyl sites for hydroxylation is 1. The molecular weight excluding hydrogens is 398 g/mol. The number of nitrogens with zero attached hydrogens (tertiary/aromatic N) is 3. The van der Waals surface area contributed by atoms with E-state index in [1.807, 2.05) is 82.4 Å². The maximum atomic E-state index is 13.0. The second-order valence-electron chi connectivity index (χ2n) is 8.37. The Morgan fingerprint density at radius 3 is 2.47 bits per heavy atom. The summed E-state index contributed by atoms with van der Waals surface area (Å²) in [5.74, 6) is 0. The summed E-state index contributed by atoms with van der Waals surface area (Å²) in [7, 11) is 3.62. The van der Waals surface area contributed by atoms with E-state index >= 15 is 0 Å². The first-order chi connectivity index (χ1) is 15.2. The van der Waals surface area contributed by atoms with Crippen molar-refractivity contribution in [2.45, 2.75) is 26.3 Å². The second kappa shape index (κ2) is 9.24. The lowest BCUT2D eigenvalue weighted by Crippen LogP contribution is -2.28. The van der Waals surface area contributed by atoms with Crippen LogP contribution in [-0.4, -0.2) is 21.2 Å². The third-order valence-corrected chi connectivity index (χ3v) is 5.40. The first kappa shape index (κ1) is 23.0. The minimum atomic E-state index is -0.452. The van der Waals surface area contributed by atoms with Crippen LogP contribution >= 0.6 is 0 Å². The number of allylic oxidation sites excluding steroid dienone is 5. The molecule has 0 aliphatic heterocycles. The van der Waals surface area contributed by atoms with Crippen LogP contribution in [0.15, 0.2) is 84.1 Å². The van der Waals surface area contributed by atoms with Gasteiger partial charge in [-0.15, -0.1) is 0 Å². The van der Waals surface area contributed by atoms with Crippen LogP contribution in [0, 0.1) is 0 Å². The van der Waals surface area contributed by atoms with Crippen molar-refractivity contribution in [1.29, 1.82) is 0 Å². The van der Waals surface area contributed by atoms with Gasteiger partial charge in [-0.05, 0) is 67.8 Å². The Hall–Kier alpha value is -3.64. The number of hydrogen-bond acceptors (Lipinski definition) is 4. The van der Waals surface area contributed by atoms with Crippen molar-refractivity contribution in [3.63, 3.8) is 0 Å². The van der Waals surface area contributed by atoms with Crippen LogP contribution in [0.2, 0.25) is 0 Å². The molecule has 0 aliphatic rings. The summed E-state index contributed by atoms with van der Waals surface area (Å²) in [4.78, 5) is 17.5. The van der Waals surface area contributed by atoms with Gasteiger partial charge in [0.25, 0.3) is 0 Å². The maximum Gasteiger partial charge on any atom is 0.333 e. The molecule has 3 rings (SSSR count). The largest absolute Gasteiger partial charge is 0.392 e. The molecule has 0 atom stereocenters. The van der Waals surface area contributed by atoms with E-state index in [0.717, 1.165) is 28.1 Å². The topological polar surface area (TPSA) is 77.9 Å². The lowest BCUT2D eigenvalue weighted by atomic mass is 9.95. The summed E-state index contributed by atoms with van der Waals surface area (Å²) < 4.78 is 3.23. The molecule has 166 valence electrons. The molecule has 2 heterocycles. The molecule has 2 aromatic heterocycles. The Labute approximate surface area is 189 Å². The van der Waals surface area contributed by atoms with Gasteiger partial charge >= 0.3 is 5.69 Å². The minimum Gasteiger partial charge on any atom is -0.392 e. The number of imidazole rings is 1. The molecule has 3 N–H and O–H groups in total. The van der Waals surface area contributed by atoms with Crippen molar-refractivity contribution in [2.75, 3.05) is 7.05 Å². The highest BCUT2D eigenvalue weighted by molar-refractivity contribution is 5.77. The van der Waals surface area contributed by atoms with Crippen LogP contribution in [-0.2, 0) is 12.6 Å². The van der Waals surface area contributed by atoms with Crippen molar-refractivity contribution in [1.82, 2.24) is 19.4 Å². The third kappa shape index (κ3) is 4.81. The molecule has 0 unspecified atom stereocenters. The molecule has 1 aromatic carbocycles. The van der Waals surface area contributed by atoms with Crippen molar-refractivity contribution < 1.29 is 0 Å². The molecule has 0 saturated carbocycles. The first-order valence-electron chi connectivity index (χ1n) is 10.5. The number of rotatable bonds is 7. The van der Waals surface area contributed by atoms with Gasteiger partial charge in [-0.1, -0.05) is 30.9 Å². The predicted octanol–water partition coefficient (Wildman–Crippen LogP) is 4.12. The number of nitrogens with one attached hydrogen (secondary N) is 1. The summed E-state index contributed by atoms with van der Waals surface area (Å²) in [5.41, 5.74) is 11.8. The van der Waals surface area contributed by atoms with Crippen LogP contribution in [0.1, 0.15) is 31.9 Å². The quantitative estimate of drug-likeness (QED) is 0.554. The molecule has 0 amide bonds. The first-order valence-corrected chi connectivity index (χ1v) is 10.5. The highest BCUT2D eigenvalue weighted by Gasteiger charge is 2.17. The van der Waals surface area contributed by atoms with Crippen molar-refractivity contribution in [2.24, 2.45) is 12.8 Å². The molecule has 0 radical (unpaired) electrons. The van der Waals surface area contributed by atoms with Gasteiger partial charge < -0.3 is 15.6 Å². The van der Waals surface area contributed by atoms with Gasteiger partial charge in [0.15, 0.2) is 0 Å². The maximum absolute atomic E-state index is 13.0. The van der Waals surface area contributed by atoms with E-state index in [4.69, 9.17) is 5.73 Å². The van der Waals surface area contributed by atoms with Crippen LogP contribution < -0.4 is 16.7 Å². The zero-order chi connectivity index (χ0) is 23.5. The van der Waals surface area contributed by atoms with Crippen LogP contribution in [0.3, 0.4) is 0 Å². The Kier molecular flexibility index (Phi) is 6.65. The monoisotopic (exact) mass is 429 g/mol. The van der Waals surface area contributed by atoms with Crippen LogP contribution in [0.5, 0.6) is 0 Å². The SMILES string of the molecule is C=C/C(=C\C=C(/C)NC)c1ccnc(-c2cn(C)c(=O)n2-c2ccc(C(C)(C)N)cc2)c1.